The Balaban J connectivity index is 1.37. The van der Waals surface area contributed by atoms with Gasteiger partial charge in [-0.1, -0.05) is 6.07 Å². The normalized spacial score (nSPS) is 16.3. The van der Waals surface area contributed by atoms with E-state index in [-0.39, 0.29) is 12.0 Å². The Kier molecular flexibility index (Phi) is 5.55. The van der Waals surface area contributed by atoms with Crippen LogP contribution in [0.3, 0.4) is 0 Å². The number of aromatic nitrogens is 2. The number of carbonyl (C=O) groups excluding carboxylic acids is 1. The third-order valence-corrected chi connectivity index (χ3v) is 6.50. The lowest BCUT2D eigenvalue weighted by atomic mass is 10.2. The van der Waals surface area contributed by atoms with Gasteiger partial charge in [-0.2, -0.15) is 0 Å². The first-order valence-electron chi connectivity index (χ1n) is 10.5. The molecule has 1 aromatic carbocycles. The lowest BCUT2D eigenvalue weighted by molar-refractivity contribution is -0.0243. The number of thiophene rings is 1. The molecule has 1 aliphatic heterocycles. The molecule has 1 saturated heterocycles. The number of hydrogen-bond donors (Lipinski definition) is 1. The number of ether oxygens (including phenoxy) is 2. The summed E-state index contributed by atoms with van der Waals surface area (Å²) < 4.78 is 13.2. The van der Waals surface area contributed by atoms with Gasteiger partial charge in [0.1, 0.15) is 23.3 Å². The smallest absolute Gasteiger partial charge is 0.264 e. The Labute approximate surface area is 190 Å². The summed E-state index contributed by atoms with van der Waals surface area (Å²) in [6, 6.07) is 17.6. The maximum absolute atomic E-state index is 12.9. The van der Waals surface area contributed by atoms with Crippen LogP contribution in [0.25, 0.3) is 5.65 Å². The molecular weight excluding hydrogens is 424 g/mol. The maximum atomic E-state index is 12.9. The Morgan fingerprint density at radius 2 is 2.03 bits per heavy atom. The highest BCUT2D eigenvalue weighted by molar-refractivity contribution is 7.13. The minimum atomic E-state index is -0.262. The van der Waals surface area contributed by atoms with Crippen molar-refractivity contribution in [1.29, 1.82) is 0 Å². The van der Waals surface area contributed by atoms with Crippen LogP contribution in [0, 0.1) is 6.92 Å². The van der Waals surface area contributed by atoms with E-state index < -0.39 is 0 Å². The fourth-order valence-electron chi connectivity index (χ4n) is 3.83. The van der Waals surface area contributed by atoms with Crippen LogP contribution in [-0.4, -0.2) is 47.0 Å². The molecule has 0 aliphatic carbocycles. The number of pyridine rings is 1. The molecule has 1 fully saturated rings. The monoisotopic (exact) mass is 448 g/mol. The Hall–Kier alpha value is -3.36. The molecular formula is C24H24N4O3S. The van der Waals surface area contributed by atoms with Crippen molar-refractivity contribution in [2.45, 2.75) is 13.0 Å². The van der Waals surface area contributed by atoms with Crippen molar-refractivity contribution < 1.29 is 14.3 Å². The highest BCUT2D eigenvalue weighted by atomic mass is 32.1. The molecule has 1 atom stereocenters. The number of morpholine rings is 1. The Bertz CT molecular complexity index is 1250. The van der Waals surface area contributed by atoms with Gasteiger partial charge in [0, 0.05) is 23.3 Å². The molecule has 0 bridgehead atoms. The number of hydrogen-bond acceptors (Lipinski definition) is 6. The molecule has 0 unspecified atom stereocenters. The molecule has 5 rings (SSSR count). The van der Waals surface area contributed by atoms with Gasteiger partial charge in [0.2, 0.25) is 0 Å². The lowest BCUT2D eigenvalue weighted by Gasteiger charge is -2.31. The number of imidazole rings is 1. The van der Waals surface area contributed by atoms with Gasteiger partial charge in [0.15, 0.2) is 0 Å². The second-order valence-electron chi connectivity index (χ2n) is 7.68. The summed E-state index contributed by atoms with van der Waals surface area (Å²) in [5, 5.41) is 3.43. The molecule has 1 N–H and O–H groups in total. The third-order valence-electron chi connectivity index (χ3n) is 5.51. The third kappa shape index (κ3) is 4.06. The van der Waals surface area contributed by atoms with E-state index in [1.807, 2.05) is 77.0 Å². The number of benzene rings is 1. The van der Waals surface area contributed by atoms with E-state index in [1.165, 1.54) is 11.3 Å². The standard InChI is InChI=1S/C24H24N4O3S/c1-16-6-11-21(32-16)24(29)27-12-13-31-20(15-27)19-14-28-22(4-3-5-23(28)26-19)25-17-7-9-18(30-2)10-8-17/h3-11,14,20,25H,12-13,15H2,1-2H3/t20-/m0/s1. The first-order chi connectivity index (χ1) is 15.6. The van der Waals surface area contributed by atoms with Gasteiger partial charge >= 0.3 is 0 Å². The van der Waals surface area contributed by atoms with Crippen molar-refractivity contribution in [1.82, 2.24) is 14.3 Å². The molecule has 7 nitrogen and oxygen atoms in total. The van der Waals surface area contributed by atoms with Gasteiger partial charge in [-0.15, -0.1) is 11.3 Å². The molecule has 1 aliphatic rings. The number of rotatable bonds is 5. The second kappa shape index (κ2) is 8.64. The van der Waals surface area contributed by atoms with E-state index >= 15 is 0 Å². The van der Waals surface area contributed by atoms with Gasteiger partial charge in [-0.05, 0) is 55.5 Å². The molecule has 1 amide bonds. The zero-order valence-corrected chi connectivity index (χ0v) is 18.8. The van der Waals surface area contributed by atoms with Crippen LogP contribution in [0.1, 0.15) is 26.3 Å². The summed E-state index contributed by atoms with van der Waals surface area (Å²) in [7, 11) is 1.65. The molecule has 4 heterocycles. The van der Waals surface area contributed by atoms with Crippen molar-refractivity contribution in [3.63, 3.8) is 0 Å². The highest BCUT2D eigenvalue weighted by Crippen LogP contribution is 2.27. The minimum Gasteiger partial charge on any atom is -0.497 e. The number of amides is 1. The summed E-state index contributed by atoms with van der Waals surface area (Å²) in [4.78, 5) is 21.4. The first kappa shape index (κ1) is 20.5. The summed E-state index contributed by atoms with van der Waals surface area (Å²) >= 11 is 1.53. The predicted octanol–water partition coefficient (Wildman–Crippen LogP) is 4.67. The summed E-state index contributed by atoms with van der Waals surface area (Å²) in [5.74, 6) is 1.76. The maximum Gasteiger partial charge on any atom is 0.264 e. The number of nitrogens with zero attached hydrogens (tertiary/aromatic N) is 3. The number of carbonyl (C=O) groups is 1. The number of nitrogens with one attached hydrogen (secondary N) is 1. The lowest BCUT2D eigenvalue weighted by Crippen LogP contribution is -2.42. The fraction of sp³-hybridized carbons (Fsp3) is 0.250. The van der Waals surface area contributed by atoms with E-state index in [4.69, 9.17) is 14.5 Å². The molecule has 3 aromatic heterocycles. The van der Waals surface area contributed by atoms with E-state index in [9.17, 15) is 4.79 Å². The van der Waals surface area contributed by atoms with Crippen molar-refractivity contribution in [3.05, 3.63) is 76.2 Å². The van der Waals surface area contributed by atoms with Crippen LogP contribution >= 0.6 is 11.3 Å². The first-order valence-corrected chi connectivity index (χ1v) is 11.3. The summed E-state index contributed by atoms with van der Waals surface area (Å²) in [5.41, 5.74) is 2.58. The Morgan fingerprint density at radius 3 is 2.78 bits per heavy atom. The van der Waals surface area contributed by atoms with Crippen molar-refractivity contribution in [2.24, 2.45) is 0 Å². The van der Waals surface area contributed by atoms with Gasteiger partial charge in [0.05, 0.1) is 30.8 Å². The van der Waals surface area contributed by atoms with E-state index in [1.54, 1.807) is 7.11 Å². The van der Waals surface area contributed by atoms with E-state index in [2.05, 4.69) is 5.32 Å². The van der Waals surface area contributed by atoms with E-state index in [0.29, 0.717) is 19.7 Å². The zero-order valence-electron chi connectivity index (χ0n) is 17.9. The topological polar surface area (TPSA) is 68.1 Å². The Morgan fingerprint density at radius 1 is 1.19 bits per heavy atom. The number of methoxy groups -OCH3 is 1. The predicted molar refractivity (Wildman–Crippen MR) is 125 cm³/mol. The van der Waals surface area contributed by atoms with E-state index in [0.717, 1.165) is 38.4 Å². The molecule has 4 aromatic rings. The van der Waals surface area contributed by atoms with Crippen LogP contribution < -0.4 is 10.1 Å². The number of aryl methyl sites for hydroxylation is 1. The van der Waals surface area contributed by atoms with Crippen molar-refractivity contribution >= 4 is 34.4 Å². The largest absolute Gasteiger partial charge is 0.497 e. The molecule has 8 heteroatoms. The van der Waals surface area contributed by atoms with Gasteiger partial charge in [0.25, 0.3) is 5.91 Å². The average Bonchev–Trinajstić information content (AvgIpc) is 3.46. The van der Waals surface area contributed by atoms with Crippen LogP contribution in [0.2, 0.25) is 0 Å². The number of anilines is 2. The van der Waals surface area contributed by atoms with Crippen molar-refractivity contribution in [2.75, 3.05) is 32.1 Å². The summed E-state index contributed by atoms with van der Waals surface area (Å²) in [6.07, 6.45) is 1.72. The van der Waals surface area contributed by atoms with Crippen LogP contribution in [0.4, 0.5) is 11.5 Å². The van der Waals surface area contributed by atoms with Gasteiger partial charge in [-0.25, -0.2) is 4.98 Å². The summed E-state index contributed by atoms with van der Waals surface area (Å²) in [6.45, 7) is 3.58. The highest BCUT2D eigenvalue weighted by Gasteiger charge is 2.28. The van der Waals surface area contributed by atoms with Gasteiger partial charge < -0.3 is 19.7 Å². The zero-order chi connectivity index (χ0) is 22.1. The quantitative estimate of drug-likeness (QED) is 0.481. The minimum absolute atomic E-state index is 0.0574. The van der Waals surface area contributed by atoms with Crippen LogP contribution in [0.5, 0.6) is 5.75 Å². The molecule has 164 valence electrons. The SMILES string of the molecule is COc1ccc(Nc2cccc3nc([C@@H]4CN(C(=O)c5ccc(C)s5)CCO4)cn23)cc1. The average molecular weight is 449 g/mol. The van der Waals surface area contributed by atoms with Crippen LogP contribution in [-0.2, 0) is 4.74 Å². The van der Waals surface area contributed by atoms with Crippen LogP contribution in [0.15, 0.2) is 60.8 Å². The molecule has 0 spiro atoms. The fourth-order valence-corrected chi connectivity index (χ4v) is 4.66. The second-order valence-corrected chi connectivity index (χ2v) is 8.97. The molecule has 0 radical (unpaired) electrons. The number of fused-ring (bicyclic) bond motifs is 1. The molecule has 32 heavy (non-hydrogen) atoms. The van der Waals surface area contributed by atoms with Crippen molar-refractivity contribution in [3.8, 4) is 5.75 Å². The molecule has 0 saturated carbocycles. The van der Waals surface area contributed by atoms with Gasteiger partial charge in [-0.3, -0.25) is 9.20 Å².